The zero-order chi connectivity index (χ0) is 22.1. The molecule has 0 bridgehead atoms. The van der Waals surface area contributed by atoms with Gasteiger partial charge in [0.1, 0.15) is 12.2 Å². The van der Waals surface area contributed by atoms with Gasteiger partial charge in [-0.05, 0) is 62.9 Å². The van der Waals surface area contributed by atoms with Crippen LogP contribution < -0.4 is 0 Å². The van der Waals surface area contributed by atoms with E-state index in [1.807, 2.05) is 20.8 Å². The third-order valence-corrected chi connectivity index (χ3v) is 7.35. The molecule has 0 aromatic heterocycles. The molecule has 6 heteroatoms. The fourth-order valence-electron chi connectivity index (χ4n) is 5.08. The van der Waals surface area contributed by atoms with Gasteiger partial charge in [-0.25, -0.2) is 0 Å². The molecule has 3 rings (SSSR count). The maximum absolute atomic E-state index is 12.9. The molecular weight excluding hydrogens is 403 g/mol. The van der Waals surface area contributed by atoms with Gasteiger partial charge in [0.05, 0.1) is 17.9 Å². The quantitative estimate of drug-likeness (QED) is 0.498. The van der Waals surface area contributed by atoms with Crippen LogP contribution in [0.25, 0.3) is 0 Å². The Bertz CT molecular complexity index is 713. The second kappa shape index (κ2) is 11.0. The van der Waals surface area contributed by atoms with Crippen molar-refractivity contribution in [3.05, 3.63) is 23.8 Å². The van der Waals surface area contributed by atoms with Gasteiger partial charge < -0.3 is 14.6 Å². The Morgan fingerprint density at radius 2 is 1.97 bits per heavy atom. The average Bonchev–Trinajstić information content (AvgIpc) is 2.66. The van der Waals surface area contributed by atoms with Crippen molar-refractivity contribution in [2.45, 2.75) is 91.5 Å². The minimum atomic E-state index is -0.601. The number of aliphatic hydroxyl groups is 1. The van der Waals surface area contributed by atoms with Crippen molar-refractivity contribution < 1.29 is 24.2 Å². The van der Waals surface area contributed by atoms with E-state index in [-0.39, 0.29) is 66.0 Å². The zero-order valence-electron chi connectivity index (χ0n) is 19.1. The summed E-state index contributed by atoms with van der Waals surface area (Å²) < 4.78 is 11.6. The van der Waals surface area contributed by atoms with E-state index in [1.54, 1.807) is 0 Å². The number of cyclic esters (lactones) is 1. The topological polar surface area (TPSA) is 72.8 Å². The van der Waals surface area contributed by atoms with Crippen LogP contribution in [0.1, 0.15) is 73.1 Å². The molecule has 7 atom stereocenters. The van der Waals surface area contributed by atoms with E-state index in [4.69, 9.17) is 9.47 Å². The van der Waals surface area contributed by atoms with Crippen LogP contribution in [0.15, 0.2) is 23.8 Å². The fourth-order valence-corrected chi connectivity index (χ4v) is 5.08. The Balaban J connectivity index is 0.00000341. The van der Waals surface area contributed by atoms with Crippen LogP contribution in [0, 0.1) is 29.1 Å². The Kier molecular flexibility index (Phi) is 9.45. The molecule has 3 aliphatic rings. The van der Waals surface area contributed by atoms with Gasteiger partial charge in [0.15, 0.2) is 0 Å². The standard InChI is InChI=1S/C25H38O5.Na.H/c1-6-25(4,5)24(28)30-21-12-15(2)11-17-8-7-16(3)20(23(17)21)10-9-19-13-18(26)14-22(27)29-19;;/h7-8,11,15-16,18-21,23,26H,6,9-10,12-14H2,1-5H3;;/t15-,16-,18+,19+,20-,21-,23-;;/m0../s1. The summed E-state index contributed by atoms with van der Waals surface area (Å²) >= 11 is 0. The monoisotopic (exact) mass is 442 g/mol. The van der Waals surface area contributed by atoms with Gasteiger partial charge in [0.25, 0.3) is 0 Å². The summed E-state index contributed by atoms with van der Waals surface area (Å²) in [5.74, 6) is 0.776. The van der Waals surface area contributed by atoms with Crippen LogP contribution in [-0.2, 0) is 19.1 Å². The van der Waals surface area contributed by atoms with Crippen molar-refractivity contribution in [2.75, 3.05) is 0 Å². The molecule has 0 aromatic rings. The number of rotatable bonds is 6. The number of hydrogen-bond acceptors (Lipinski definition) is 5. The molecule has 0 spiro atoms. The molecular formula is C25H39NaO5. The Hall–Kier alpha value is -0.620. The minimum absolute atomic E-state index is 0. The third kappa shape index (κ3) is 6.46. The number of ether oxygens (including phenoxy) is 2. The predicted octanol–water partition coefficient (Wildman–Crippen LogP) is 3.94. The summed E-state index contributed by atoms with van der Waals surface area (Å²) in [6, 6.07) is 0. The molecule has 0 aromatic carbocycles. The van der Waals surface area contributed by atoms with Gasteiger partial charge in [0, 0.05) is 12.3 Å². The SMILES string of the molecule is CCC(C)(C)C(=O)O[C@H]1C[C@@H](C)C=C2C=C[C@H](C)[C@H](CC[C@@H]3C[C@@H](O)CC(=O)O3)[C@H]21.[NaH]. The summed E-state index contributed by atoms with van der Waals surface area (Å²) in [4.78, 5) is 24.6. The molecule has 1 saturated heterocycles. The van der Waals surface area contributed by atoms with Crippen molar-refractivity contribution in [1.29, 1.82) is 0 Å². The molecule has 1 heterocycles. The Morgan fingerprint density at radius 3 is 2.61 bits per heavy atom. The molecule has 5 nitrogen and oxygen atoms in total. The second-order valence-corrected chi connectivity index (χ2v) is 10.3. The molecule has 170 valence electrons. The number of allylic oxidation sites excluding steroid dienone is 3. The first kappa shape index (κ1) is 26.6. The predicted molar refractivity (Wildman–Crippen MR) is 123 cm³/mol. The van der Waals surface area contributed by atoms with Gasteiger partial charge in [0.2, 0.25) is 0 Å². The first-order valence-electron chi connectivity index (χ1n) is 11.6. The fraction of sp³-hybridized carbons (Fsp3) is 0.760. The normalized spacial score (nSPS) is 35.4. The first-order chi connectivity index (χ1) is 14.1. The number of carbonyl (C=O) groups excluding carboxylic acids is 2. The summed E-state index contributed by atoms with van der Waals surface area (Å²) in [5, 5.41) is 9.92. The van der Waals surface area contributed by atoms with Crippen molar-refractivity contribution in [3.8, 4) is 0 Å². The van der Waals surface area contributed by atoms with Gasteiger partial charge in [-0.2, -0.15) is 0 Å². The van der Waals surface area contributed by atoms with Gasteiger partial charge in [-0.1, -0.05) is 39.0 Å². The van der Waals surface area contributed by atoms with Crippen molar-refractivity contribution in [2.24, 2.45) is 29.1 Å². The zero-order valence-corrected chi connectivity index (χ0v) is 19.1. The van der Waals surface area contributed by atoms with Crippen molar-refractivity contribution in [3.63, 3.8) is 0 Å². The third-order valence-electron chi connectivity index (χ3n) is 7.35. The molecule has 1 N–H and O–H groups in total. The molecule has 2 aliphatic carbocycles. The van der Waals surface area contributed by atoms with Crippen LogP contribution in [0.3, 0.4) is 0 Å². The molecule has 0 radical (unpaired) electrons. The summed E-state index contributed by atoms with van der Waals surface area (Å²) in [6.45, 7) is 10.3. The van der Waals surface area contributed by atoms with E-state index < -0.39 is 11.5 Å². The number of hydrogen-bond donors (Lipinski definition) is 1. The number of carbonyl (C=O) groups is 2. The summed E-state index contributed by atoms with van der Waals surface area (Å²) in [5.41, 5.74) is 0.785. The second-order valence-electron chi connectivity index (χ2n) is 10.3. The van der Waals surface area contributed by atoms with Crippen LogP contribution in [0.5, 0.6) is 0 Å². The van der Waals surface area contributed by atoms with Crippen LogP contribution in [-0.4, -0.2) is 64.9 Å². The van der Waals surface area contributed by atoms with Gasteiger partial charge in [-0.15, -0.1) is 0 Å². The van der Waals surface area contributed by atoms with Crippen molar-refractivity contribution >= 4 is 41.5 Å². The van der Waals surface area contributed by atoms with E-state index in [9.17, 15) is 14.7 Å². The number of aliphatic hydroxyl groups excluding tert-OH is 1. The molecule has 1 fully saturated rings. The van der Waals surface area contributed by atoms with Gasteiger partial charge >= 0.3 is 41.5 Å². The van der Waals surface area contributed by atoms with Crippen LogP contribution >= 0.6 is 0 Å². The summed E-state index contributed by atoms with van der Waals surface area (Å²) in [6.07, 6.45) is 9.61. The van der Waals surface area contributed by atoms with E-state index in [0.717, 1.165) is 25.7 Å². The molecule has 31 heavy (non-hydrogen) atoms. The first-order valence-corrected chi connectivity index (χ1v) is 11.6. The van der Waals surface area contributed by atoms with Crippen LogP contribution in [0.4, 0.5) is 0 Å². The Labute approximate surface area is 209 Å². The molecule has 0 amide bonds. The maximum atomic E-state index is 12.9. The number of fused-ring (bicyclic) bond motifs is 1. The van der Waals surface area contributed by atoms with Gasteiger partial charge in [-0.3, -0.25) is 9.59 Å². The van der Waals surface area contributed by atoms with Crippen LogP contribution in [0.2, 0.25) is 0 Å². The molecule has 0 saturated carbocycles. The van der Waals surface area contributed by atoms with E-state index >= 15 is 0 Å². The van der Waals surface area contributed by atoms with E-state index in [2.05, 4.69) is 32.1 Å². The van der Waals surface area contributed by atoms with Crippen molar-refractivity contribution in [1.82, 2.24) is 0 Å². The van der Waals surface area contributed by atoms with E-state index in [0.29, 0.717) is 24.2 Å². The summed E-state index contributed by atoms with van der Waals surface area (Å²) in [7, 11) is 0. The average molecular weight is 443 g/mol. The van der Waals surface area contributed by atoms with E-state index in [1.165, 1.54) is 5.57 Å². The number of esters is 2. The molecule has 1 aliphatic heterocycles. The Morgan fingerprint density at radius 1 is 1.26 bits per heavy atom. The molecule has 0 unspecified atom stereocenters.